The average molecular weight is 333 g/mol. The maximum absolute atomic E-state index is 11.9. The van der Waals surface area contributed by atoms with Crippen LogP contribution in [0.15, 0.2) is 59.1 Å². The van der Waals surface area contributed by atoms with Gasteiger partial charge in [-0.05, 0) is 36.8 Å². The van der Waals surface area contributed by atoms with Gasteiger partial charge in [0.1, 0.15) is 0 Å². The monoisotopic (exact) mass is 332 g/mol. The second-order valence-electron chi connectivity index (χ2n) is 4.56. The summed E-state index contributed by atoms with van der Waals surface area (Å²) in [5.74, 6) is -0.0265. The molecular formula is C16H17BrN2O. The molecule has 0 bridgehead atoms. The zero-order valence-electron chi connectivity index (χ0n) is 11.3. The Morgan fingerprint density at radius 3 is 2.60 bits per heavy atom. The van der Waals surface area contributed by atoms with E-state index in [9.17, 15) is 4.79 Å². The van der Waals surface area contributed by atoms with Crippen molar-refractivity contribution in [3.05, 3.63) is 64.6 Å². The van der Waals surface area contributed by atoms with Gasteiger partial charge >= 0.3 is 0 Å². The molecule has 2 rings (SSSR count). The number of nitrogens with one attached hydrogen (secondary N) is 2. The molecule has 1 amide bonds. The van der Waals surface area contributed by atoms with Crippen molar-refractivity contribution in [1.29, 1.82) is 0 Å². The van der Waals surface area contributed by atoms with Crippen molar-refractivity contribution in [2.45, 2.75) is 13.0 Å². The lowest BCUT2D eigenvalue weighted by atomic mass is 10.1. The van der Waals surface area contributed by atoms with Gasteiger partial charge in [0.05, 0.1) is 12.6 Å². The van der Waals surface area contributed by atoms with Gasteiger partial charge in [0.2, 0.25) is 5.91 Å². The van der Waals surface area contributed by atoms with Gasteiger partial charge < -0.3 is 10.6 Å². The van der Waals surface area contributed by atoms with Crippen LogP contribution in [0.2, 0.25) is 0 Å². The number of hydrogen-bond acceptors (Lipinski definition) is 2. The quantitative estimate of drug-likeness (QED) is 0.875. The lowest BCUT2D eigenvalue weighted by molar-refractivity contribution is -0.120. The molecule has 1 atom stereocenters. The second kappa shape index (κ2) is 7.10. The predicted octanol–water partition coefficient (Wildman–Crippen LogP) is 3.74. The highest BCUT2D eigenvalue weighted by Crippen LogP contribution is 2.17. The van der Waals surface area contributed by atoms with Crippen LogP contribution in [0.25, 0.3) is 0 Å². The lowest BCUT2D eigenvalue weighted by Crippen LogP contribution is -2.32. The van der Waals surface area contributed by atoms with E-state index in [1.807, 2.05) is 61.5 Å². The molecule has 0 radical (unpaired) electrons. The Bertz CT molecular complexity index is 572. The summed E-state index contributed by atoms with van der Waals surface area (Å²) in [6, 6.07) is 17.6. The molecule has 0 aliphatic rings. The molecule has 0 saturated carbocycles. The molecule has 0 heterocycles. The van der Waals surface area contributed by atoms with Crippen LogP contribution in [0.5, 0.6) is 0 Å². The molecule has 4 heteroatoms. The van der Waals surface area contributed by atoms with E-state index >= 15 is 0 Å². The zero-order chi connectivity index (χ0) is 14.4. The molecule has 104 valence electrons. The first-order chi connectivity index (χ1) is 9.65. The largest absolute Gasteiger partial charge is 0.376 e. The Labute approximate surface area is 127 Å². The van der Waals surface area contributed by atoms with Gasteiger partial charge in [-0.1, -0.05) is 46.3 Å². The molecule has 2 aromatic rings. The SMILES string of the molecule is C[C@H](NC(=O)CNc1ccccc1)c1cccc(Br)c1. The molecule has 0 aromatic heterocycles. The Morgan fingerprint density at radius 1 is 1.15 bits per heavy atom. The molecule has 0 spiro atoms. The number of hydrogen-bond donors (Lipinski definition) is 2. The molecule has 0 aliphatic carbocycles. The number of amides is 1. The van der Waals surface area contributed by atoms with Crippen LogP contribution in [-0.2, 0) is 4.79 Å². The van der Waals surface area contributed by atoms with Crippen molar-refractivity contribution >= 4 is 27.5 Å². The third kappa shape index (κ3) is 4.38. The summed E-state index contributed by atoms with van der Waals surface area (Å²) in [7, 11) is 0. The van der Waals surface area contributed by atoms with Crippen molar-refractivity contribution in [3.63, 3.8) is 0 Å². The minimum atomic E-state index is -0.0265. The van der Waals surface area contributed by atoms with Crippen molar-refractivity contribution in [1.82, 2.24) is 5.32 Å². The summed E-state index contributed by atoms with van der Waals surface area (Å²) in [6.07, 6.45) is 0. The van der Waals surface area contributed by atoms with Crippen LogP contribution < -0.4 is 10.6 Å². The van der Waals surface area contributed by atoms with Gasteiger partial charge in [0.25, 0.3) is 0 Å². The predicted molar refractivity (Wildman–Crippen MR) is 85.6 cm³/mol. The standard InChI is InChI=1S/C16H17BrN2O/c1-12(13-6-5-7-14(17)10-13)19-16(20)11-18-15-8-3-2-4-9-15/h2-10,12,18H,11H2,1H3,(H,19,20)/t12-/m0/s1. The summed E-state index contributed by atoms with van der Waals surface area (Å²) >= 11 is 3.43. The Hall–Kier alpha value is -1.81. The average Bonchev–Trinajstić information content (AvgIpc) is 2.46. The summed E-state index contributed by atoms with van der Waals surface area (Å²) < 4.78 is 1.01. The van der Waals surface area contributed by atoms with Crippen molar-refractivity contribution in [2.75, 3.05) is 11.9 Å². The number of halogens is 1. The van der Waals surface area contributed by atoms with E-state index < -0.39 is 0 Å². The molecule has 0 aliphatic heterocycles. The Morgan fingerprint density at radius 2 is 1.90 bits per heavy atom. The fourth-order valence-electron chi connectivity index (χ4n) is 1.89. The van der Waals surface area contributed by atoms with E-state index in [0.29, 0.717) is 0 Å². The van der Waals surface area contributed by atoms with E-state index in [2.05, 4.69) is 26.6 Å². The van der Waals surface area contributed by atoms with Crippen LogP contribution in [0.4, 0.5) is 5.69 Å². The summed E-state index contributed by atoms with van der Waals surface area (Å²) in [5, 5.41) is 6.06. The highest BCUT2D eigenvalue weighted by atomic mass is 79.9. The minimum absolute atomic E-state index is 0.0161. The van der Waals surface area contributed by atoms with Crippen LogP contribution in [0.1, 0.15) is 18.5 Å². The van der Waals surface area contributed by atoms with E-state index in [1.54, 1.807) is 0 Å². The number of benzene rings is 2. The van der Waals surface area contributed by atoms with Gasteiger partial charge in [0.15, 0.2) is 0 Å². The second-order valence-corrected chi connectivity index (χ2v) is 5.48. The maximum atomic E-state index is 11.9. The number of carbonyl (C=O) groups is 1. The van der Waals surface area contributed by atoms with Gasteiger partial charge in [-0.2, -0.15) is 0 Å². The van der Waals surface area contributed by atoms with E-state index in [-0.39, 0.29) is 18.5 Å². The van der Waals surface area contributed by atoms with Crippen molar-refractivity contribution in [2.24, 2.45) is 0 Å². The first-order valence-corrected chi connectivity index (χ1v) is 7.28. The van der Waals surface area contributed by atoms with Gasteiger partial charge in [-0.3, -0.25) is 4.79 Å². The summed E-state index contributed by atoms with van der Waals surface area (Å²) in [6.45, 7) is 2.24. The maximum Gasteiger partial charge on any atom is 0.239 e. The normalized spacial score (nSPS) is 11.7. The highest BCUT2D eigenvalue weighted by Gasteiger charge is 2.09. The fourth-order valence-corrected chi connectivity index (χ4v) is 2.31. The van der Waals surface area contributed by atoms with Crippen LogP contribution in [0.3, 0.4) is 0 Å². The van der Waals surface area contributed by atoms with Crippen LogP contribution >= 0.6 is 15.9 Å². The summed E-state index contributed by atoms with van der Waals surface area (Å²) in [4.78, 5) is 11.9. The summed E-state index contributed by atoms with van der Waals surface area (Å²) in [5.41, 5.74) is 2.02. The van der Waals surface area contributed by atoms with Crippen LogP contribution in [-0.4, -0.2) is 12.5 Å². The molecular weight excluding hydrogens is 316 g/mol. The number of anilines is 1. The Balaban J connectivity index is 1.85. The number of para-hydroxylation sites is 1. The van der Waals surface area contributed by atoms with E-state index in [0.717, 1.165) is 15.7 Å². The topological polar surface area (TPSA) is 41.1 Å². The van der Waals surface area contributed by atoms with Crippen LogP contribution in [0, 0.1) is 0 Å². The van der Waals surface area contributed by atoms with Crippen molar-refractivity contribution in [3.8, 4) is 0 Å². The fraction of sp³-hybridized carbons (Fsp3) is 0.188. The molecule has 0 unspecified atom stereocenters. The minimum Gasteiger partial charge on any atom is -0.376 e. The molecule has 20 heavy (non-hydrogen) atoms. The number of carbonyl (C=O) groups excluding carboxylic acids is 1. The van der Waals surface area contributed by atoms with E-state index in [4.69, 9.17) is 0 Å². The zero-order valence-corrected chi connectivity index (χ0v) is 12.9. The molecule has 0 saturated heterocycles. The molecule has 2 aromatic carbocycles. The third-order valence-electron chi connectivity index (χ3n) is 2.95. The van der Waals surface area contributed by atoms with Crippen molar-refractivity contribution < 1.29 is 4.79 Å². The lowest BCUT2D eigenvalue weighted by Gasteiger charge is -2.15. The molecule has 2 N–H and O–H groups in total. The van der Waals surface area contributed by atoms with E-state index in [1.165, 1.54) is 0 Å². The molecule has 0 fully saturated rings. The smallest absolute Gasteiger partial charge is 0.239 e. The van der Waals surface area contributed by atoms with Gasteiger partial charge in [0, 0.05) is 10.2 Å². The van der Waals surface area contributed by atoms with Gasteiger partial charge in [-0.25, -0.2) is 0 Å². The number of rotatable bonds is 5. The third-order valence-corrected chi connectivity index (χ3v) is 3.45. The first-order valence-electron chi connectivity index (χ1n) is 6.49. The first kappa shape index (κ1) is 14.6. The highest BCUT2D eigenvalue weighted by molar-refractivity contribution is 9.10. The molecule has 3 nitrogen and oxygen atoms in total. The van der Waals surface area contributed by atoms with Gasteiger partial charge in [-0.15, -0.1) is 0 Å². The Kier molecular flexibility index (Phi) is 5.18.